The van der Waals surface area contributed by atoms with Crippen LogP contribution in [0.2, 0.25) is 0 Å². The summed E-state index contributed by atoms with van der Waals surface area (Å²) in [5.74, 6) is 2.47. The Morgan fingerprint density at radius 2 is 1.77 bits per heavy atom. The lowest BCUT2D eigenvalue weighted by atomic mass is 9.44. The van der Waals surface area contributed by atoms with Crippen LogP contribution in [0.4, 0.5) is 0 Å². The molecule has 3 heteroatoms. The molecule has 0 aliphatic heterocycles. The van der Waals surface area contributed by atoms with Crippen molar-refractivity contribution < 1.29 is 14.7 Å². The summed E-state index contributed by atoms with van der Waals surface area (Å²) in [7, 11) is 0. The van der Waals surface area contributed by atoms with Crippen LogP contribution in [0.3, 0.4) is 0 Å². The van der Waals surface area contributed by atoms with E-state index >= 15 is 0 Å². The van der Waals surface area contributed by atoms with E-state index in [-0.39, 0.29) is 22.9 Å². The molecule has 122 valence electrons. The number of carbonyl (C=O) groups excluding carboxylic acids is 2. The van der Waals surface area contributed by atoms with E-state index in [1.807, 2.05) is 0 Å². The number of aliphatic hydroxyl groups excluding tert-OH is 1. The number of ketones is 2. The first-order valence-electron chi connectivity index (χ1n) is 9.09. The van der Waals surface area contributed by atoms with Crippen molar-refractivity contribution in [2.24, 2.45) is 34.5 Å². The van der Waals surface area contributed by atoms with Crippen LogP contribution >= 0.6 is 0 Å². The molecule has 0 aromatic carbocycles. The van der Waals surface area contributed by atoms with Gasteiger partial charge in [0.2, 0.25) is 0 Å². The summed E-state index contributed by atoms with van der Waals surface area (Å²) in [6.45, 7) is 4.50. The average Bonchev–Trinajstić information content (AvgIpc) is 2.77. The highest BCUT2D eigenvalue weighted by Crippen LogP contribution is 2.65. The van der Waals surface area contributed by atoms with Crippen molar-refractivity contribution >= 4 is 11.6 Å². The smallest absolute Gasteiger partial charge is 0.139 e. The molecule has 0 aromatic rings. The van der Waals surface area contributed by atoms with Crippen molar-refractivity contribution in [2.75, 3.05) is 0 Å². The minimum absolute atomic E-state index is 0.100. The number of hydrogen-bond donors (Lipinski definition) is 1. The molecule has 4 aliphatic rings. The van der Waals surface area contributed by atoms with Crippen LogP contribution in [0.15, 0.2) is 0 Å². The molecule has 7 atom stereocenters. The molecular weight excluding hydrogens is 276 g/mol. The van der Waals surface area contributed by atoms with Gasteiger partial charge in [-0.25, -0.2) is 0 Å². The molecule has 4 fully saturated rings. The number of hydrogen-bond acceptors (Lipinski definition) is 3. The van der Waals surface area contributed by atoms with Gasteiger partial charge >= 0.3 is 0 Å². The summed E-state index contributed by atoms with van der Waals surface area (Å²) in [5.41, 5.74) is -0.0300. The Hall–Kier alpha value is -0.700. The molecule has 0 heterocycles. The fraction of sp³-hybridized carbons (Fsp3) is 0.895. The van der Waals surface area contributed by atoms with Crippen LogP contribution in [0.5, 0.6) is 0 Å². The van der Waals surface area contributed by atoms with Gasteiger partial charge in [-0.3, -0.25) is 9.59 Å². The molecule has 0 bridgehead atoms. The molecule has 0 spiro atoms. The second-order valence-corrected chi connectivity index (χ2v) is 8.95. The van der Waals surface area contributed by atoms with Crippen molar-refractivity contribution in [2.45, 2.75) is 71.3 Å². The topological polar surface area (TPSA) is 54.4 Å². The Morgan fingerprint density at radius 3 is 2.55 bits per heavy atom. The first-order valence-corrected chi connectivity index (χ1v) is 9.09. The van der Waals surface area contributed by atoms with E-state index in [1.54, 1.807) is 0 Å². The Morgan fingerprint density at radius 1 is 1.00 bits per heavy atom. The van der Waals surface area contributed by atoms with Crippen LogP contribution in [0.1, 0.15) is 65.2 Å². The van der Waals surface area contributed by atoms with Gasteiger partial charge in [-0.2, -0.15) is 0 Å². The Kier molecular flexibility index (Phi) is 3.15. The molecule has 4 rings (SSSR count). The molecule has 0 saturated heterocycles. The van der Waals surface area contributed by atoms with Gasteiger partial charge in [0.1, 0.15) is 11.6 Å². The summed E-state index contributed by atoms with van der Waals surface area (Å²) in [6.07, 6.45) is 6.53. The molecule has 1 N–H and O–H groups in total. The van der Waals surface area contributed by atoms with Gasteiger partial charge in [-0.15, -0.1) is 0 Å². The lowest BCUT2D eigenvalue weighted by molar-refractivity contribution is -0.165. The maximum absolute atomic E-state index is 12.4. The zero-order valence-corrected chi connectivity index (χ0v) is 13.8. The number of carbonyl (C=O) groups is 2. The second kappa shape index (κ2) is 4.66. The van der Waals surface area contributed by atoms with E-state index < -0.39 is 0 Å². The van der Waals surface area contributed by atoms with E-state index in [9.17, 15) is 14.7 Å². The monoisotopic (exact) mass is 304 g/mol. The van der Waals surface area contributed by atoms with E-state index in [0.717, 1.165) is 38.5 Å². The average molecular weight is 304 g/mol. The summed E-state index contributed by atoms with van der Waals surface area (Å²) in [4.78, 5) is 24.3. The normalized spacial score (nSPS) is 54.6. The van der Waals surface area contributed by atoms with E-state index in [4.69, 9.17) is 0 Å². The number of fused-ring (bicyclic) bond motifs is 5. The Bertz CT molecular complexity index is 527. The lowest BCUT2D eigenvalue weighted by Gasteiger charge is -2.60. The molecule has 4 saturated carbocycles. The standard InChI is InChI=1S/C19H28O3/c1-18-7-5-11(20)9-15(18)16(21)10-12-13-3-4-17(22)19(13,2)8-6-14(12)18/h12-16,21H,3-10H2,1-2H3/t12-,13-,14-,15+,16-,18+,19-/m1/s1. The zero-order chi connectivity index (χ0) is 15.7. The third-order valence-electron chi connectivity index (χ3n) is 8.21. The Labute approximate surface area is 132 Å². The van der Waals surface area contributed by atoms with Gasteiger partial charge in [0.15, 0.2) is 0 Å². The quantitative estimate of drug-likeness (QED) is 0.748. The van der Waals surface area contributed by atoms with Gasteiger partial charge in [-0.05, 0) is 61.2 Å². The van der Waals surface area contributed by atoms with Gasteiger partial charge in [0.05, 0.1) is 6.10 Å². The maximum atomic E-state index is 12.4. The summed E-state index contributed by atoms with van der Waals surface area (Å²) in [5, 5.41) is 10.8. The molecule has 3 nitrogen and oxygen atoms in total. The molecule has 0 aromatic heterocycles. The first-order chi connectivity index (χ1) is 10.4. The highest BCUT2D eigenvalue weighted by atomic mass is 16.3. The van der Waals surface area contributed by atoms with E-state index in [1.165, 1.54) is 0 Å². The first kappa shape index (κ1) is 14.9. The van der Waals surface area contributed by atoms with Crippen LogP contribution in [-0.4, -0.2) is 22.8 Å². The molecule has 22 heavy (non-hydrogen) atoms. The van der Waals surface area contributed by atoms with Crippen LogP contribution < -0.4 is 0 Å². The minimum atomic E-state index is -0.353. The summed E-state index contributed by atoms with van der Waals surface area (Å²) < 4.78 is 0. The van der Waals surface area contributed by atoms with Crippen molar-refractivity contribution in [3.63, 3.8) is 0 Å². The van der Waals surface area contributed by atoms with Crippen molar-refractivity contribution in [3.8, 4) is 0 Å². The third-order valence-corrected chi connectivity index (χ3v) is 8.21. The van der Waals surface area contributed by atoms with Gasteiger partial charge in [-0.1, -0.05) is 13.8 Å². The summed E-state index contributed by atoms with van der Waals surface area (Å²) >= 11 is 0. The van der Waals surface area contributed by atoms with Gasteiger partial charge < -0.3 is 5.11 Å². The number of aliphatic hydroxyl groups is 1. The highest BCUT2D eigenvalue weighted by Gasteiger charge is 2.62. The molecular formula is C19H28O3. The van der Waals surface area contributed by atoms with Crippen molar-refractivity contribution in [3.05, 3.63) is 0 Å². The minimum Gasteiger partial charge on any atom is -0.393 e. The fourth-order valence-corrected chi connectivity index (χ4v) is 6.86. The van der Waals surface area contributed by atoms with Gasteiger partial charge in [0, 0.05) is 24.7 Å². The number of Topliss-reactive ketones (excluding diaryl/α,β-unsaturated/α-hetero) is 2. The molecule has 0 radical (unpaired) electrons. The molecule has 0 unspecified atom stereocenters. The zero-order valence-electron chi connectivity index (χ0n) is 13.8. The van der Waals surface area contributed by atoms with Crippen LogP contribution in [-0.2, 0) is 9.59 Å². The maximum Gasteiger partial charge on any atom is 0.139 e. The predicted octanol–water partition coefficient (Wildman–Crippen LogP) is 3.14. The van der Waals surface area contributed by atoms with Crippen LogP contribution in [0.25, 0.3) is 0 Å². The van der Waals surface area contributed by atoms with Gasteiger partial charge in [0.25, 0.3) is 0 Å². The molecule has 4 aliphatic carbocycles. The fourth-order valence-electron chi connectivity index (χ4n) is 6.86. The second-order valence-electron chi connectivity index (χ2n) is 8.95. The molecule has 0 amide bonds. The van der Waals surface area contributed by atoms with Crippen LogP contribution in [0, 0.1) is 34.5 Å². The van der Waals surface area contributed by atoms with Crippen molar-refractivity contribution in [1.82, 2.24) is 0 Å². The third kappa shape index (κ3) is 1.78. The van der Waals surface area contributed by atoms with E-state index in [0.29, 0.717) is 42.2 Å². The highest BCUT2D eigenvalue weighted by molar-refractivity contribution is 5.87. The number of rotatable bonds is 0. The SMILES string of the molecule is C[C@@]12CCC(=O)C[C@H]1[C@H](O)C[C@H]1[C@H]2CC[C@@]2(C)C(=O)CC[C@H]12. The predicted molar refractivity (Wildman–Crippen MR) is 83.1 cm³/mol. The van der Waals surface area contributed by atoms with Crippen molar-refractivity contribution in [1.29, 1.82) is 0 Å². The largest absolute Gasteiger partial charge is 0.393 e. The summed E-state index contributed by atoms with van der Waals surface area (Å²) in [6, 6.07) is 0. The lowest BCUT2D eigenvalue weighted by Crippen LogP contribution is -2.57. The Balaban J connectivity index is 1.69. The van der Waals surface area contributed by atoms with E-state index in [2.05, 4.69) is 13.8 Å².